The quantitative estimate of drug-likeness (QED) is 0.516. The Hall–Kier alpha value is -2.32. The summed E-state index contributed by atoms with van der Waals surface area (Å²) in [6.45, 7) is 4.67. The molecule has 2 aromatic rings. The Morgan fingerprint density at radius 2 is 1.97 bits per heavy atom. The van der Waals surface area contributed by atoms with Gasteiger partial charge in [0, 0.05) is 29.7 Å². The van der Waals surface area contributed by atoms with Crippen molar-refractivity contribution in [2.45, 2.75) is 88.1 Å². The first-order valence-corrected chi connectivity index (χ1v) is 14.6. The second-order valence-electron chi connectivity index (χ2n) is 10.6. The number of rotatable bonds is 9. The van der Waals surface area contributed by atoms with Crippen LogP contribution in [0.25, 0.3) is 5.69 Å². The maximum Gasteiger partial charge on any atom is 0.253 e. The number of para-hydroxylation sites is 1. The van der Waals surface area contributed by atoms with Gasteiger partial charge in [0.15, 0.2) is 5.17 Å². The maximum atomic E-state index is 13.1. The SMILES string of the molecule is CCCN(CCC1CCC(NC(=O)c2ccccc2-n2cccn2)CC1)[C@H]1CCC2N=C(N)SC2C1. The van der Waals surface area contributed by atoms with Crippen LogP contribution in [0, 0.1) is 5.92 Å². The van der Waals surface area contributed by atoms with E-state index >= 15 is 0 Å². The third kappa shape index (κ3) is 5.97. The van der Waals surface area contributed by atoms with Crippen molar-refractivity contribution in [1.29, 1.82) is 0 Å². The normalized spacial score (nSPS) is 28.1. The van der Waals surface area contributed by atoms with Crippen LogP contribution in [0.15, 0.2) is 47.7 Å². The number of hydrogen-bond donors (Lipinski definition) is 2. The molecule has 3 N–H and O–H groups in total. The number of fused-ring (bicyclic) bond motifs is 1. The number of carbonyl (C=O) groups excluding carboxylic acids is 1. The number of nitrogens with zero attached hydrogens (tertiary/aromatic N) is 4. The molecule has 0 saturated heterocycles. The zero-order valence-corrected chi connectivity index (χ0v) is 22.2. The molecule has 2 fully saturated rings. The third-order valence-electron chi connectivity index (χ3n) is 8.23. The molecule has 2 aliphatic carbocycles. The Bertz CT molecular complexity index is 1030. The molecule has 2 saturated carbocycles. The highest BCUT2D eigenvalue weighted by molar-refractivity contribution is 8.14. The molecule has 2 unspecified atom stereocenters. The van der Waals surface area contributed by atoms with Gasteiger partial charge in [-0.1, -0.05) is 30.8 Å². The van der Waals surface area contributed by atoms with Crippen LogP contribution in [0.4, 0.5) is 0 Å². The fraction of sp³-hybridized carbons (Fsp3) is 0.607. The van der Waals surface area contributed by atoms with Gasteiger partial charge in [0.05, 0.1) is 17.3 Å². The fourth-order valence-corrected chi connectivity index (χ4v) is 7.47. The summed E-state index contributed by atoms with van der Waals surface area (Å²) < 4.78 is 1.76. The van der Waals surface area contributed by atoms with E-state index in [0.717, 1.165) is 29.6 Å². The van der Waals surface area contributed by atoms with Crippen LogP contribution < -0.4 is 11.1 Å². The predicted molar refractivity (Wildman–Crippen MR) is 148 cm³/mol. The second-order valence-corrected chi connectivity index (χ2v) is 11.9. The largest absolute Gasteiger partial charge is 0.379 e. The first kappa shape index (κ1) is 25.3. The van der Waals surface area contributed by atoms with Crippen molar-refractivity contribution in [3.8, 4) is 5.69 Å². The third-order valence-corrected chi connectivity index (χ3v) is 9.38. The number of nitrogens with one attached hydrogen (secondary N) is 1. The minimum atomic E-state index is 0.00340. The first-order valence-electron chi connectivity index (χ1n) is 13.7. The van der Waals surface area contributed by atoms with Crippen molar-refractivity contribution in [1.82, 2.24) is 20.0 Å². The zero-order chi connectivity index (χ0) is 24.9. The summed E-state index contributed by atoms with van der Waals surface area (Å²) >= 11 is 1.80. The molecule has 1 aliphatic heterocycles. The monoisotopic (exact) mass is 508 g/mol. The highest BCUT2D eigenvalue weighted by Crippen LogP contribution is 2.38. The number of hydrogen-bond acceptors (Lipinski definition) is 6. The minimum Gasteiger partial charge on any atom is -0.379 e. The highest BCUT2D eigenvalue weighted by Gasteiger charge is 2.37. The second kappa shape index (κ2) is 11.8. The van der Waals surface area contributed by atoms with Gasteiger partial charge in [-0.25, -0.2) is 4.68 Å². The number of amides is 1. The summed E-state index contributed by atoms with van der Waals surface area (Å²) in [6.07, 6.45) is 14.2. The molecule has 5 rings (SSSR count). The molecule has 2 heterocycles. The van der Waals surface area contributed by atoms with Gasteiger partial charge in [0.2, 0.25) is 0 Å². The minimum absolute atomic E-state index is 0.00340. The standard InChI is InChI=1S/C28H40N6OS/c1-2-16-33(22-12-13-24-26(19-22)36-28(29)32-24)18-14-20-8-10-21(11-9-20)31-27(35)23-6-3-4-7-25(23)34-17-5-15-30-34/h3-7,15,17,20-22,24,26H,2,8-14,16,18-19H2,1H3,(H2,29,32)(H,31,35)/t20?,21?,22-,24?,26?/m0/s1. The van der Waals surface area contributed by atoms with Gasteiger partial charge in [-0.15, -0.1) is 0 Å². The molecule has 1 aromatic heterocycles. The van der Waals surface area contributed by atoms with Crippen molar-refractivity contribution in [2.24, 2.45) is 16.6 Å². The molecule has 8 heteroatoms. The summed E-state index contributed by atoms with van der Waals surface area (Å²) in [6, 6.07) is 11.0. The van der Waals surface area contributed by atoms with Gasteiger partial charge in [0.1, 0.15) is 0 Å². The lowest BCUT2D eigenvalue weighted by Gasteiger charge is -2.39. The van der Waals surface area contributed by atoms with Gasteiger partial charge in [-0.2, -0.15) is 5.10 Å². The van der Waals surface area contributed by atoms with E-state index < -0.39 is 0 Å². The molecular formula is C28H40N6OS. The number of aliphatic imine (C=N–C) groups is 1. The van der Waals surface area contributed by atoms with Gasteiger partial charge in [-0.3, -0.25) is 9.79 Å². The summed E-state index contributed by atoms with van der Waals surface area (Å²) in [5.74, 6) is 0.758. The Labute approximate surface area is 219 Å². The van der Waals surface area contributed by atoms with Gasteiger partial charge < -0.3 is 16.0 Å². The molecule has 7 nitrogen and oxygen atoms in total. The van der Waals surface area contributed by atoms with Gasteiger partial charge in [-0.05, 0) is 95.0 Å². The molecule has 194 valence electrons. The van der Waals surface area contributed by atoms with E-state index in [1.807, 2.05) is 36.5 Å². The number of nitrogens with two attached hydrogens (primary N) is 1. The molecule has 3 atom stereocenters. The summed E-state index contributed by atoms with van der Waals surface area (Å²) in [5, 5.41) is 8.99. The first-order chi connectivity index (χ1) is 17.6. The number of amidine groups is 1. The number of benzene rings is 1. The Kier molecular flexibility index (Phi) is 8.32. The van der Waals surface area contributed by atoms with Crippen LogP contribution in [0.2, 0.25) is 0 Å². The lowest BCUT2D eigenvalue weighted by molar-refractivity contribution is 0.0916. The molecule has 1 amide bonds. The van der Waals surface area contributed by atoms with Crippen molar-refractivity contribution in [3.63, 3.8) is 0 Å². The van der Waals surface area contributed by atoms with Crippen LogP contribution >= 0.6 is 11.8 Å². The fourth-order valence-electron chi connectivity index (χ4n) is 6.29. The van der Waals surface area contributed by atoms with Crippen LogP contribution in [0.3, 0.4) is 0 Å². The molecule has 0 spiro atoms. The van der Waals surface area contributed by atoms with E-state index in [9.17, 15) is 4.79 Å². The zero-order valence-electron chi connectivity index (χ0n) is 21.4. The predicted octanol–water partition coefficient (Wildman–Crippen LogP) is 4.61. The van der Waals surface area contributed by atoms with Crippen molar-refractivity contribution >= 4 is 22.8 Å². The van der Waals surface area contributed by atoms with E-state index in [2.05, 4.69) is 27.2 Å². The summed E-state index contributed by atoms with van der Waals surface area (Å²) in [4.78, 5) is 20.5. The number of thioether (sulfide) groups is 1. The Morgan fingerprint density at radius 3 is 2.75 bits per heavy atom. The lowest BCUT2D eigenvalue weighted by Crippen LogP contribution is -2.44. The van der Waals surface area contributed by atoms with Gasteiger partial charge >= 0.3 is 0 Å². The van der Waals surface area contributed by atoms with Gasteiger partial charge in [0.25, 0.3) is 5.91 Å². The average molecular weight is 509 g/mol. The molecule has 0 radical (unpaired) electrons. The smallest absolute Gasteiger partial charge is 0.253 e. The molecule has 0 bridgehead atoms. The van der Waals surface area contributed by atoms with Crippen LogP contribution in [0.5, 0.6) is 0 Å². The maximum absolute atomic E-state index is 13.1. The Balaban J connectivity index is 1.09. The van der Waals surface area contributed by atoms with E-state index in [0.29, 0.717) is 22.9 Å². The van der Waals surface area contributed by atoms with Crippen LogP contribution in [-0.2, 0) is 0 Å². The van der Waals surface area contributed by atoms with Crippen molar-refractivity contribution in [2.75, 3.05) is 13.1 Å². The summed E-state index contributed by atoms with van der Waals surface area (Å²) in [7, 11) is 0. The van der Waals surface area contributed by atoms with E-state index in [1.54, 1.807) is 22.6 Å². The van der Waals surface area contributed by atoms with E-state index in [1.165, 1.54) is 58.0 Å². The average Bonchev–Trinajstić information content (AvgIpc) is 3.56. The topological polar surface area (TPSA) is 88.5 Å². The van der Waals surface area contributed by atoms with E-state index in [-0.39, 0.29) is 11.9 Å². The van der Waals surface area contributed by atoms with E-state index in [4.69, 9.17) is 5.73 Å². The van der Waals surface area contributed by atoms with Crippen LogP contribution in [-0.4, -0.2) is 62.2 Å². The number of aromatic nitrogens is 2. The van der Waals surface area contributed by atoms with Crippen molar-refractivity contribution < 1.29 is 4.79 Å². The van der Waals surface area contributed by atoms with Crippen molar-refractivity contribution in [3.05, 3.63) is 48.3 Å². The molecule has 36 heavy (non-hydrogen) atoms. The molecular weight excluding hydrogens is 468 g/mol. The highest BCUT2D eigenvalue weighted by atomic mass is 32.2. The molecule has 3 aliphatic rings. The Morgan fingerprint density at radius 1 is 1.14 bits per heavy atom. The summed E-state index contributed by atoms with van der Waals surface area (Å²) in [5.41, 5.74) is 7.51. The number of carbonyl (C=O) groups is 1. The lowest BCUT2D eigenvalue weighted by atomic mass is 9.83. The molecule has 1 aromatic carbocycles. The van der Waals surface area contributed by atoms with Crippen LogP contribution in [0.1, 0.15) is 75.1 Å².